The molecule has 15 heavy (non-hydrogen) atoms. The van der Waals surface area contributed by atoms with E-state index in [-0.39, 0.29) is 5.91 Å². The lowest BCUT2D eigenvalue weighted by Crippen LogP contribution is -2.25. The van der Waals surface area contributed by atoms with E-state index < -0.39 is 0 Å². The summed E-state index contributed by atoms with van der Waals surface area (Å²) in [5.74, 6) is 0.0979. The van der Waals surface area contributed by atoms with Crippen LogP contribution in [0.4, 0.5) is 0 Å². The van der Waals surface area contributed by atoms with Gasteiger partial charge in [0.15, 0.2) is 0 Å². The van der Waals surface area contributed by atoms with Gasteiger partial charge in [0.2, 0.25) is 5.91 Å². The van der Waals surface area contributed by atoms with Crippen LogP contribution in [-0.2, 0) is 16.0 Å². The van der Waals surface area contributed by atoms with E-state index in [1.54, 1.807) is 7.11 Å². The number of hydrogen-bond acceptors (Lipinski definition) is 2. The molecule has 0 spiro atoms. The number of hydrogen-bond donors (Lipinski definition) is 2. The van der Waals surface area contributed by atoms with Crippen LogP contribution in [-0.4, -0.2) is 31.2 Å². The van der Waals surface area contributed by atoms with E-state index in [1.165, 1.54) is 0 Å². The molecule has 84 valence electrons. The molecule has 0 bridgehead atoms. The van der Waals surface area contributed by atoms with Gasteiger partial charge in [0.1, 0.15) is 0 Å². The summed E-state index contributed by atoms with van der Waals surface area (Å²) in [5.41, 5.74) is 1.10. The summed E-state index contributed by atoms with van der Waals surface area (Å²) in [6, 6.07) is 3.92. The van der Waals surface area contributed by atoms with Gasteiger partial charge < -0.3 is 15.0 Å². The van der Waals surface area contributed by atoms with Crippen molar-refractivity contribution >= 4 is 5.91 Å². The molecule has 0 radical (unpaired) electrons. The van der Waals surface area contributed by atoms with E-state index in [2.05, 4.69) is 10.3 Å². The highest BCUT2D eigenvalue weighted by Gasteiger charge is 2.01. The van der Waals surface area contributed by atoms with Crippen LogP contribution >= 0.6 is 0 Å². The zero-order chi connectivity index (χ0) is 10.9. The first-order valence-corrected chi connectivity index (χ1v) is 5.21. The standard InChI is InChI=1S/C11H18N2O2/c1-15-9-3-8-13-11(14)6-5-10-4-2-7-12-10/h2,4,7,12H,3,5-6,8-9H2,1H3,(H,13,14). The van der Waals surface area contributed by atoms with Gasteiger partial charge in [-0.3, -0.25) is 4.79 Å². The van der Waals surface area contributed by atoms with E-state index in [0.29, 0.717) is 19.6 Å². The zero-order valence-corrected chi connectivity index (χ0v) is 9.08. The van der Waals surface area contributed by atoms with Crippen molar-refractivity contribution in [3.8, 4) is 0 Å². The number of nitrogens with one attached hydrogen (secondary N) is 2. The van der Waals surface area contributed by atoms with Gasteiger partial charge in [-0.05, 0) is 25.0 Å². The largest absolute Gasteiger partial charge is 0.385 e. The van der Waals surface area contributed by atoms with Gasteiger partial charge in [-0.25, -0.2) is 0 Å². The monoisotopic (exact) mass is 210 g/mol. The maximum absolute atomic E-state index is 11.3. The van der Waals surface area contributed by atoms with Gasteiger partial charge in [0.25, 0.3) is 0 Å². The van der Waals surface area contributed by atoms with Crippen molar-refractivity contribution in [3.05, 3.63) is 24.0 Å². The molecule has 4 heteroatoms. The molecule has 2 N–H and O–H groups in total. The highest BCUT2D eigenvalue weighted by Crippen LogP contribution is 1.98. The molecule has 0 fully saturated rings. The summed E-state index contributed by atoms with van der Waals surface area (Å²) < 4.78 is 4.89. The summed E-state index contributed by atoms with van der Waals surface area (Å²) in [5, 5.41) is 2.85. The Kier molecular flexibility index (Phi) is 5.55. The summed E-state index contributed by atoms with van der Waals surface area (Å²) >= 11 is 0. The molecule has 0 unspecified atom stereocenters. The second kappa shape index (κ2) is 7.06. The van der Waals surface area contributed by atoms with Crippen LogP contribution in [0.25, 0.3) is 0 Å². The molecule has 0 atom stereocenters. The summed E-state index contributed by atoms with van der Waals surface area (Å²) in [7, 11) is 1.66. The quantitative estimate of drug-likeness (QED) is 0.662. The third-order valence-corrected chi connectivity index (χ3v) is 2.13. The molecule has 0 aromatic carbocycles. The fraction of sp³-hybridized carbons (Fsp3) is 0.545. The summed E-state index contributed by atoms with van der Waals surface area (Å²) in [6.45, 7) is 1.38. The minimum Gasteiger partial charge on any atom is -0.385 e. The SMILES string of the molecule is COCCCNC(=O)CCc1ccc[nH]1. The number of rotatable bonds is 7. The Morgan fingerprint density at radius 3 is 3.13 bits per heavy atom. The Bertz CT molecular complexity index is 270. The van der Waals surface area contributed by atoms with E-state index >= 15 is 0 Å². The smallest absolute Gasteiger partial charge is 0.220 e. The molecule has 1 rings (SSSR count). The molecule has 0 aliphatic rings. The predicted octanol–water partition coefficient (Wildman–Crippen LogP) is 1.10. The highest BCUT2D eigenvalue weighted by atomic mass is 16.5. The van der Waals surface area contributed by atoms with Gasteiger partial charge in [0, 0.05) is 38.6 Å². The molecule has 1 amide bonds. The first-order chi connectivity index (χ1) is 7.33. The Morgan fingerprint density at radius 1 is 1.60 bits per heavy atom. The number of carbonyl (C=O) groups excluding carboxylic acids is 1. The van der Waals surface area contributed by atoms with Crippen molar-refractivity contribution in [2.45, 2.75) is 19.3 Å². The third-order valence-electron chi connectivity index (χ3n) is 2.13. The number of amides is 1. The Hall–Kier alpha value is -1.29. The maximum Gasteiger partial charge on any atom is 0.220 e. The van der Waals surface area contributed by atoms with E-state index in [0.717, 1.165) is 18.5 Å². The second-order valence-corrected chi connectivity index (χ2v) is 3.39. The number of carbonyl (C=O) groups is 1. The Morgan fingerprint density at radius 2 is 2.47 bits per heavy atom. The average molecular weight is 210 g/mol. The number of methoxy groups -OCH3 is 1. The molecule has 0 aliphatic heterocycles. The number of ether oxygens (including phenoxy) is 1. The van der Waals surface area contributed by atoms with Crippen LogP contribution < -0.4 is 5.32 Å². The van der Waals surface area contributed by atoms with Gasteiger partial charge in [-0.1, -0.05) is 0 Å². The van der Waals surface area contributed by atoms with Crippen molar-refractivity contribution in [2.24, 2.45) is 0 Å². The minimum atomic E-state index is 0.0979. The van der Waals surface area contributed by atoms with E-state index in [1.807, 2.05) is 18.3 Å². The van der Waals surface area contributed by atoms with Crippen molar-refractivity contribution < 1.29 is 9.53 Å². The minimum absolute atomic E-state index is 0.0979. The van der Waals surface area contributed by atoms with Gasteiger partial charge in [-0.15, -0.1) is 0 Å². The number of aromatic amines is 1. The van der Waals surface area contributed by atoms with Gasteiger partial charge in [0.05, 0.1) is 0 Å². The maximum atomic E-state index is 11.3. The lowest BCUT2D eigenvalue weighted by atomic mass is 10.2. The van der Waals surface area contributed by atoms with Crippen molar-refractivity contribution in [3.63, 3.8) is 0 Å². The van der Waals surface area contributed by atoms with Crippen molar-refractivity contribution in [1.82, 2.24) is 10.3 Å². The summed E-state index contributed by atoms with van der Waals surface area (Å²) in [6.07, 6.45) is 4.03. The fourth-order valence-corrected chi connectivity index (χ4v) is 1.30. The second-order valence-electron chi connectivity index (χ2n) is 3.39. The van der Waals surface area contributed by atoms with Crippen LogP contribution in [0.1, 0.15) is 18.5 Å². The van der Waals surface area contributed by atoms with Crippen LogP contribution in [0.3, 0.4) is 0 Å². The Labute approximate surface area is 90.0 Å². The van der Waals surface area contributed by atoms with E-state index in [9.17, 15) is 4.79 Å². The molecular formula is C11H18N2O2. The van der Waals surface area contributed by atoms with Gasteiger partial charge in [-0.2, -0.15) is 0 Å². The molecular weight excluding hydrogens is 192 g/mol. The van der Waals surface area contributed by atoms with Crippen molar-refractivity contribution in [1.29, 1.82) is 0 Å². The topological polar surface area (TPSA) is 54.1 Å². The van der Waals surface area contributed by atoms with Crippen LogP contribution in [0.15, 0.2) is 18.3 Å². The lowest BCUT2D eigenvalue weighted by Gasteiger charge is -2.03. The Balaban J connectivity index is 2.04. The van der Waals surface area contributed by atoms with Crippen LogP contribution in [0, 0.1) is 0 Å². The highest BCUT2D eigenvalue weighted by molar-refractivity contribution is 5.76. The first kappa shape index (κ1) is 11.8. The molecule has 0 aliphatic carbocycles. The first-order valence-electron chi connectivity index (χ1n) is 5.21. The molecule has 1 aromatic rings. The van der Waals surface area contributed by atoms with Crippen molar-refractivity contribution in [2.75, 3.05) is 20.3 Å². The fourth-order valence-electron chi connectivity index (χ4n) is 1.30. The molecule has 1 aromatic heterocycles. The zero-order valence-electron chi connectivity index (χ0n) is 9.08. The molecule has 1 heterocycles. The number of aryl methyl sites for hydroxylation is 1. The number of aromatic nitrogens is 1. The van der Waals surface area contributed by atoms with Crippen LogP contribution in [0.5, 0.6) is 0 Å². The van der Waals surface area contributed by atoms with Gasteiger partial charge >= 0.3 is 0 Å². The molecule has 0 saturated carbocycles. The normalized spacial score (nSPS) is 10.2. The van der Waals surface area contributed by atoms with Crippen LogP contribution in [0.2, 0.25) is 0 Å². The molecule has 4 nitrogen and oxygen atoms in total. The number of H-pyrrole nitrogens is 1. The molecule has 0 saturated heterocycles. The lowest BCUT2D eigenvalue weighted by molar-refractivity contribution is -0.121. The predicted molar refractivity (Wildman–Crippen MR) is 58.6 cm³/mol. The summed E-state index contributed by atoms with van der Waals surface area (Å²) in [4.78, 5) is 14.4. The third kappa shape index (κ3) is 5.22. The average Bonchev–Trinajstić information content (AvgIpc) is 2.74. The van der Waals surface area contributed by atoms with E-state index in [4.69, 9.17) is 4.74 Å².